The van der Waals surface area contributed by atoms with Gasteiger partial charge >= 0.3 is 5.97 Å². The van der Waals surface area contributed by atoms with Crippen molar-refractivity contribution in [2.24, 2.45) is 11.7 Å². The van der Waals surface area contributed by atoms with Gasteiger partial charge in [-0.3, -0.25) is 9.59 Å². The third kappa shape index (κ3) is 8.69. The minimum atomic E-state index is -1.64. The van der Waals surface area contributed by atoms with Crippen LogP contribution in [0.1, 0.15) is 44.2 Å². The van der Waals surface area contributed by atoms with Crippen LogP contribution in [0.5, 0.6) is 0 Å². The molecule has 0 spiro atoms. The summed E-state index contributed by atoms with van der Waals surface area (Å²) in [6.07, 6.45) is 2.10. The minimum Gasteiger partial charge on any atom is -0.467 e. The number of methoxy groups -OCH3 is 1. The molecule has 4 N–H and O–H groups in total. The predicted molar refractivity (Wildman–Crippen MR) is 128 cm³/mol. The van der Waals surface area contributed by atoms with Gasteiger partial charge in [-0.15, -0.1) is 0 Å². The van der Waals surface area contributed by atoms with Crippen LogP contribution in [0.2, 0.25) is 0 Å². The smallest absolute Gasteiger partial charge is 0.328 e. The second-order valence-electron chi connectivity index (χ2n) is 8.70. The van der Waals surface area contributed by atoms with E-state index in [9.17, 15) is 14.4 Å². The van der Waals surface area contributed by atoms with Crippen LogP contribution >= 0.6 is 0 Å². The number of benzene rings is 2. The van der Waals surface area contributed by atoms with Gasteiger partial charge in [0.05, 0.1) is 7.11 Å². The first kappa shape index (κ1) is 26.1. The zero-order chi connectivity index (χ0) is 24.3. The molecule has 178 valence electrons. The quantitative estimate of drug-likeness (QED) is 0.338. The summed E-state index contributed by atoms with van der Waals surface area (Å²) in [6, 6.07) is 18.3. The zero-order valence-corrected chi connectivity index (χ0v) is 19.7. The fraction of sp³-hybridized carbons (Fsp3) is 0.423. The van der Waals surface area contributed by atoms with Crippen molar-refractivity contribution in [1.82, 2.24) is 10.6 Å². The van der Waals surface area contributed by atoms with Crippen LogP contribution in [-0.2, 0) is 32.0 Å². The van der Waals surface area contributed by atoms with Gasteiger partial charge in [-0.1, -0.05) is 74.5 Å². The van der Waals surface area contributed by atoms with Crippen LogP contribution in [0.25, 0.3) is 0 Å². The van der Waals surface area contributed by atoms with E-state index in [2.05, 4.69) is 10.6 Å². The minimum absolute atomic E-state index is 0.0380. The summed E-state index contributed by atoms with van der Waals surface area (Å²) in [5, 5.41) is 5.41. The van der Waals surface area contributed by atoms with Crippen molar-refractivity contribution in [3.63, 3.8) is 0 Å². The van der Waals surface area contributed by atoms with Crippen molar-refractivity contribution in [2.75, 3.05) is 7.11 Å². The van der Waals surface area contributed by atoms with Gasteiger partial charge in [0.25, 0.3) is 5.91 Å². The summed E-state index contributed by atoms with van der Waals surface area (Å²) in [6.45, 7) is 3.83. The summed E-state index contributed by atoms with van der Waals surface area (Å²) in [5.74, 6) is -1.45. The van der Waals surface area contributed by atoms with Crippen molar-refractivity contribution >= 4 is 17.8 Å². The number of carbonyl (C=O) groups is 3. The maximum absolute atomic E-state index is 13.2. The van der Waals surface area contributed by atoms with Crippen molar-refractivity contribution in [3.05, 3.63) is 71.8 Å². The number of esters is 1. The van der Waals surface area contributed by atoms with Gasteiger partial charge in [0.1, 0.15) is 6.04 Å². The van der Waals surface area contributed by atoms with Crippen LogP contribution in [0.3, 0.4) is 0 Å². The lowest BCUT2D eigenvalue weighted by Gasteiger charge is -2.32. The summed E-state index contributed by atoms with van der Waals surface area (Å²) >= 11 is 0. The van der Waals surface area contributed by atoms with Gasteiger partial charge in [-0.25, -0.2) is 4.79 Å². The van der Waals surface area contributed by atoms with E-state index in [1.54, 1.807) is 0 Å². The number of rotatable bonds is 12. The summed E-state index contributed by atoms with van der Waals surface area (Å²) in [5.41, 5.74) is 6.79. The molecule has 2 aromatic carbocycles. The molecule has 0 aliphatic heterocycles. The first-order chi connectivity index (χ1) is 15.7. The number of ether oxygens (including phenoxy) is 1. The van der Waals surface area contributed by atoms with E-state index in [1.807, 2.05) is 74.5 Å². The SMILES string of the molecule is COC(=O)[C@H](Cc1ccccc1)NC(=O)[C@@](N)(CC(C)C)NC(=O)CCCc1ccccc1. The molecule has 7 nitrogen and oxygen atoms in total. The Morgan fingerprint density at radius 1 is 0.970 bits per heavy atom. The van der Waals surface area contributed by atoms with Gasteiger partial charge in [0.2, 0.25) is 5.91 Å². The third-order valence-corrected chi connectivity index (χ3v) is 5.28. The van der Waals surface area contributed by atoms with Crippen molar-refractivity contribution in [3.8, 4) is 0 Å². The number of nitrogens with two attached hydrogens (primary N) is 1. The van der Waals surface area contributed by atoms with E-state index in [-0.39, 0.29) is 31.1 Å². The van der Waals surface area contributed by atoms with E-state index >= 15 is 0 Å². The standard InChI is InChI=1S/C26H35N3O4/c1-19(2)18-26(27,29-23(30)16-10-15-20-11-6-4-7-12-20)25(32)28-22(24(31)33-3)17-21-13-8-5-9-14-21/h4-9,11-14,19,22H,10,15-18,27H2,1-3H3,(H,28,32)(H,29,30)/t22-,26+/m0/s1. The molecule has 2 amide bonds. The molecule has 0 fully saturated rings. The Balaban J connectivity index is 2.05. The zero-order valence-electron chi connectivity index (χ0n) is 19.7. The summed E-state index contributed by atoms with van der Waals surface area (Å²) < 4.78 is 4.87. The molecule has 0 aliphatic carbocycles. The Hall–Kier alpha value is -3.19. The summed E-state index contributed by atoms with van der Waals surface area (Å²) in [7, 11) is 1.27. The van der Waals surface area contributed by atoms with Gasteiger partial charge in [0, 0.05) is 12.8 Å². The van der Waals surface area contributed by atoms with E-state index in [1.165, 1.54) is 7.11 Å². The Labute approximate surface area is 196 Å². The molecule has 33 heavy (non-hydrogen) atoms. The Morgan fingerprint density at radius 3 is 2.09 bits per heavy atom. The second kappa shape index (κ2) is 12.7. The van der Waals surface area contributed by atoms with Gasteiger partial charge < -0.3 is 21.1 Å². The van der Waals surface area contributed by atoms with Crippen molar-refractivity contribution < 1.29 is 19.1 Å². The number of amides is 2. The topological polar surface area (TPSA) is 111 Å². The van der Waals surface area contributed by atoms with E-state index in [4.69, 9.17) is 10.5 Å². The van der Waals surface area contributed by atoms with Gasteiger partial charge in [-0.2, -0.15) is 0 Å². The molecule has 2 aromatic rings. The maximum Gasteiger partial charge on any atom is 0.328 e. The molecule has 0 saturated heterocycles. The van der Waals surface area contributed by atoms with Crippen LogP contribution in [0.4, 0.5) is 0 Å². The molecule has 2 atom stereocenters. The van der Waals surface area contributed by atoms with E-state index < -0.39 is 23.6 Å². The number of aryl methyl sites for hydroxylation is 1. The average Bonchev–Trinajstić information content (AvgIpc) is 2.78. The first-order valence-electron chi connectivity index (χ1n) is 11.3. The molecule has 2 rings (SSSR count). The highest BCUT2D eigenvalue weighted by molar-refractivity contribution is 5.93. The highest BCUT2D eigenvalue weighted by Gasteiger charge is 2.38. The predicted octanol–water partition coefficient (Wildman–Crippen LogP) is 2.73. The molecule has 0 bridgehead atoms. The average molecular weight is 454 g/mol. The molecule has 0 unspecified atom stereocenters. The lowest BCUT2D eigenvalue weighted by atomic mass is 9.95. The number of carbonyl (C=O) groups excluding carboxylic acids is 3. The lowest BCUT2D eigenvalue weighted by Crippen LogP contribution is -2.67. The number of hydrogen-bond acceptors (Lipinski definition) is 5. The third-order valence-electron chi connectivity index (χ3n) is 5.28. The monoisotopic (exact) mass is 453 g/mol. The fourth-order valence-corrected chi connectivity index (χ4v) is 3.73. The molecule has 0 saturated carbocycles. The normalized spacial score (nSPS) is 13.6. The van der Waals surface area contributed by atoms with Crippen molar-refractivity contribution in [1.29, 1.82) is 0 Å². The van der Waals surface area contributed by atoms with E-state index in [0.717, 1.165) is 17.5 Å². The van der Waals surface area contributed by atoms with Crippen LogP contribution < -0.4 is 16.4 Å². The molecular weight excluding hydrogens is 418 g/mol. The molecule has 0 aromatic heterocycles. The van der Waals surface area contributed by atoms with Crippen LogP contribution in [0, 0.1) is 5.92 Å². The Morgan fingerprint density at radius 2 is 1.55 bits per heavy atom. The van der Waals surface area contributed by atoms with Gasteiger partial charge in [0.15, 0.2) is 5.66 Å². The lowest BCUT2D eigenvalue weighted by molar-refractivity contribution is -0.146. The number of nitrogens with one attached hydrogen (secondary N) is 2. The highest BCUT2D eigenvalue weighted by Crippen LogP contribution is 2.15. The largest absolute Gasteiger partial charge is 0.467 e. The van der Waals surface area contributed by atoms with Crippen LogP contribution in [-0.4, -0.2) is 36.6 Å². The van der Waals surface area contributed by atoms with Crippen LogP contribution in [0.15, 0.2) is 60.7 Å². The number of hydrogen-bond donors (Lipinski definition) is 3. The maximum atomic E-state index is 13.2. The molecule has 7 heteroatoms. The fourth-order valence-electron chi connectivity index (χ4n) is 3.73. The molecular formula is C26H35N3O4. The van der Waals surface area contributed by atoms with Crippen molar-refractivity contribution in [2.45, 2.75) is 57.7 Å². The Bertz CT molecular complexity index is 902. The molecule has 0 heterocycles. The molecule has 0 radical (unpaired) electrons. The highest BCUT2D eigenvalue weighted by atomic mass is 16.5. The first-order valence-corrected chi connectivity index (χ1v) is 11.3. The van der Waals surface area contributed by atoms with Gasteiger partial charge in [-0.05, 0) is 36.3 Å². The second-order valence-corrected chi connectivity index (χ2v) is 8.70. The Kier molecular flexibility index (Phi) is 10.1. The van der Waals surface area contributed by atoms with E-state index in [0.29, 0.717) is 6.42 Å². The summed E-state index contributed by atoms with van der Waals surface area (Å²) in [4.78, 5) is 38.2. The molecule has 0 aliphatic rings.